The lowest BCUT2D eigenvalue weighted by atomic mass is 9.92. The van der Waals surface area contributed by atoms with Crippen molar-refractivity contribution in [1.82, 2.24) is 14.4 Å². The van der Waals surface area contributed by atoms with Crippen LogP contribution in [-0.2, 0) is 19.1 Å². The summed E-state index contributed by atoms with van der Waals surface area (Å²) in [6.07, 6.45) is -5.21. The van der Waals surface area contributed by atoms with Gasteiger partial charge in [-0.05, 0) is 55.9 Å². The van der Waals surface area contributed by atoms with Gasteiger partial charge in [0.15, 0.2) is 11.6 Å². The Balaban J connectivity index is 1.67. The molecule has 5 rings (SSSR count). The molecule has 0 fully saturated rings. The van der Waals surface area contributed by atoms with Crippen molar-refractivity contribution >= 4 is 11.8 Å². The van der Waals surface area contributed by atoms with Crippen molar-refractivity contribution in [2.75, 3.05) is 46.6 Å². The van der Waals surface area contributed by atoms with Crippen molar-refractivity contribution in [1.29, 1.82) is 0 Å². The zero-order valence-electron chi connectivity index (χ0n) is 26.1. The lowest BCUT2D eigenvalue weighted by molar-refractivity contribution is -0.138. The fourth-order valence-corrected chi connectivity index (χ4v) is 7.36. The van der Waals surface area contributed by atoms with Gasteiger partial charge in [-0.25, -0.2) is 8.78 Å². The van der Waals surface area contributed by atoms with Gasteiger partial charge in [-0.1, -0.05) is 48.5 Å². The molecule has 0 spiro atoms. The van der Waals surface area contributed by atoms with Gasteiger partial charge in [0.1, 0.15) is 5.82 Å². The Morgan fingerprint density at radius 2 is 1.67 bits per heavy atom. The molecule has 0 bridgehead atoms. The molecule has 0 aliphatic carbocycles. The van der Waals surface area contributed by atoms with E-state index in [2.05, 4.69) is 9.80 Å². The molecule has 46 heavy (non-hydrogen) atoms. The fraction of sp³-hybridized carbons (Fsp3) is 0.343. The Hall–Kier alpha value is -3.67. The standard InChI is InChI=1S/C35H36F5N3O2S/c1-22-26(18-27-28(35(38,39)40)13-9-14-29(27)36)34-43(33(44)31(22)25-12-8-15-30(45-4)32(25)37)24(21-46-34)20-42(17-16-41(2)3)19-23-10-6-5-7-11-23/h5-15,24H,16-21H2,1-4H3. The average Bonchev–Trinajstić information content (AvgIpc) is 3.43. The lowest BCUT2D eigenvalue weighted by Crippen LogP contribution is -2.38. The minimum absolute atomic E-state index is 0.0209. The highest BCUT2D eigenvalue weighted by Gasteiger charge is 2.37. The Labute approximate surface area is 269 Å². The van der Waals surface area contributed by atoms with E-state index in [1.807, 2.05) is 44.4 Å². The predicted octanol–water partition coefficient (Wildman–Crippen LogP) is 7.43. The van der Waals surface area contributed by atoms with Crippen LogP contribution in [0.1, 0.15) is 33.9 Å². The van der Waals surface area contributed by atoms with Crippen LogP contribution in [0.15, 0.2) is 76.6 Å². The number of rotatable bonds is 11. The molecule has 0 saturated heterocycles. The first-order chi connectivity index (χ1) is 21.9. The third-order valence-electron chi connectivity index (χ3n) is 8.33. The van der Waals surface area contributed by atoms with Crippen molar-refractivity contribution in [2.24, 2.45) is 0 Å². The molecule has 11 heteroatoms. The van der Waals surface area contributed by atoms with E-state index in [0.29, 0.717) is 41.5 Å². The topological polar surface area (TPSA) is 37.7 Å². The summed E-state index contributed by atoms with van der Waals surface area (Å²) in [6.45, 7) is 4.15. The first-order valence-corrected chi connectivity index (χ1v) is 15.9. The molecule has 1 aliphatic heterocycles. The van der Waals surface area contributed by atoms with Crippen LogP contribution < -0.4 is 10.3 Å². The number of nitrogens with zero attached hydrogens (tertiary/aromatic N) is 3. The normalized spacial score (nSPS) is 14.7. The van der Waals surface area contributed by atoms with Crippen LogP contribution in [0.3, 0.4) is 0 Å². The molecule has 244 valence electrons. The zero-order chi connectivity index (χ0) is 33.2. The van der Waals surface area contributed by atoms with Crippen LogP contribution in [0.5, 0.6) is 5.75 Å². The minimum Gasteiger partial charge on any atom is -0.494 e. The highest BCUT2D eigenvalue weighted by atomic mass is 32.2. The molecule has 0 N–H and O–H groups in total. The fourth-order valence-electron chi connectivity index (χ4n) is 5.99. The molecule has 5 nitrogen and oxygen atoms in total. The quantitative estimate of drug-likeness (QED) is 0.157. The van der Waals surface area contributed by atoms with Crippen LogP contribution in [0, 0.1) is 18.6 Å². The summed E-state index contributed by atoms with van der Waals surface area (Å²) in [6, 6.07) is 16.9. The van der Waals surface area contributed by atoms with Gasteiger partial charge in [-0.15, -0.1) is 11.8 Å². The number of pyridine rings is 1. The third-order valence-corrected chi connectivity index (χ3v) is 9.59. The van der Waals surface area contributed by atoms with Gasteiger partial charge in [0, 0.05) is 49.5 Å². The van der Waals surface area contributed by atoms with Crippen molar-refractivity contribution in [3.63, 3.8) is 0 Å². The SMILES string of the molecule is COc1cccc(-c2c(C)c(Cc3c(F)cccc3C(F)(F)F)c3n(c2=O)C(CN(CCN(C)C)Cc2ccccc2)CS3)c1F. The number of benzene rings is 3. The van der Waals surface area contributed by atoms with E-state index in [9.17, 15) is 18.0 Å². The number of ether oxygens (including phenoxy) is 1. The van der Waals surface area contributed by atoms with E-state index in [0.717, 1.165) is 30.3 Å². The van der Waals surface area contributed by atoms with E-state index < -0.39 is 40.9 Å². The Morgan fingerprint density at radius 3 is 2.35 bits per heavy atom. The number of alkyl halides is 3. The van der Waals surface area contributed by atoms with E-state index >= 15 is 8.78 Å². The van der Waals surface area contributed by atoms with Crippen molar-refractivity contribution in [2.45, 2.75) is 37.1 Å². The summed E-state index contributed by atoms with van der Waals surface area (Å²) in [7, 11) is 5.27. The molecule has 1 aromatic heterocycles. The first-order valence-electron chi connectivity index (χ1n) is 14.9. The molecule has 2 heterocycles. The highest BCUT2D eigenvalue weighted by Crippen LogP contribution is 2.42. The zero-order valence-corrected chi connectivity index (χ0v) is 26.9. The Bertz CT molecular complexity index is 1760. The number of hydrogen-bond acceptors (Lipinski definition) is 5. The van der Waals surface area contributed by atoms with Gasteiger partial charge in [0.25, 0.3) is 5.56 Å². The van der Waals surface area contributed by atoms with Gasteiger partial charge in [-0.2, -0.15) is 13.2 Å². The second-order valence-corrected chi connectivity index (χ2v) is 12.7. The largest absolute Gasteiger partial charge is 0.494 e. The minimum atomic E-state index is -4.79. The summed E-state index contributed by atoms with van der Waals surface area (Å²) in [5.41, 5.74) is -0.273. The molecule has 0 radical (unpaired) electrons. The van der Waals surface area contributed by atoms with Gasteiger partial charge in [-0.3, -0.25) is 14.3 Å². The summed E-state index contributed by atoms with van der Waals surface area (Å²) in [4.78, 5) is 18.7. The average molecular weight is 658 g/mol. The summed E-state index contributed by atoms with van der Waals surface area (Å²) >= 11 is 1.36. The highest BCUT2D eigenvalue weighted by molar-refractivity contribution is 7.99. The maximum absolute atomic E-state index is 15.7. The Kier molecular flexibility index (Phi) is 10.2. The second kappa shape index (κ2) is 14.0. The molecule has 3 aromatic carbocycles. The number of fused-ring (bicyclic) bond motifs is 1. The molecule has 4 aromatic rings. The number of aromatic nitrogens is 1. The van der Waals surface area contributed by atoms with E-state index in [1.165, 1.54) is 31.0 Å². The van der Waals surface area contributed by atoms with Crippen LogP contribution in [0.4, 0.5) is 22.0 Å². The van der Waals surface area contributed by atoms with Crippen LogP contribution in [-0.4, -0.2) is 61.0 Å². The van der Waals surface area contributed by atoms with Crippen molar-refractivity contribution in [3.8, 4) is 16.9 Å². The van der Waals surface area contributed by atoms with Crippen molar-refractivity contribution < 1.29 is 26.7 Å². The van der Waals surface area contributed by atoms with Crippen LogP contribution in [0.25, 0.3) is 11.1 Å². The number of thioether (sulfide) groups is 1. The van der Waals surface area contributed by atoms with E-state index in [4.69, 9.17) is 4.74 Å². The van der Waals surface area contributed by atoms with Gasteiger partial charge in [0.05, 0.1) is 29.3 Å². The monoisotopic (exact) mass is 657 g/mol. The van der Waals surface area contributed by atoms with Gasteiger partial charge in [0.2, 0.25) is 0 Å². The van der Waals surface area contributed by atoms with Crippen molar-refractivity contribution in [3.05, 3.63) is 117 Å². The molecule has 1 atom stereocenters. The maximum Gasteiger partial charge on any atom is 0.416 e. The molecule has 1 unspecified atom stereocenters. The number of likely N-dealkylation sites (N-methyl/N-ethyl adjacent to an activating group) is 1. The summed E-state index contributed by atoms with van der Waals surface area (Å²) < 4.78 is 79.9. The molecule has 0 saturated carbocycles. The number of halogens is 5. The number of hydrogen-bond donors (Lipinski definition) is 0. The first kappa shape index (κ1) is 33.7. The van der Waals surface area contributed by atoms with Gasteiger partial charge < -0.3 is 9.64 Å². The Morgan fingerprint density at radius 1 is 0.957 bits per heavy atom. The van der Waals surface area contributed by atoms with E-state index in [1.54, 1.807) is 17.6 Å². The second-order valence-electron chi connectivity index (χ2n) is 11.7. The summed E-state index contributed by atoms with van der Waals surface area (Å²) in [5, 5.41) is 0.475. The lowest BCUT2D eigenvalue weighted by Gasteiger charge is -2.28. The van der Waals surface area contributed by atoms with Crippen LogP contribution >= 0.6 is 11.8 Å². The predicted molar refractivity (Wildman–Crippen MR) is 172 cm³/mol. The molecular formula is C35H36F5N3O2S. The maximum atomic E-state index is 15.7. The molecule has 0 amide bonds. The third kappa shape index (κ3) is 7.01. The molecular weight excluding hydrogens is 621 g/mol. The van der Waals surface area contributed by atoms with Gasteiger partial charge >= 0.3 is 6.18 Å². The molecule has 1 aliphatic rings. The van der Waals surface area contributed by atoms with E-state index in [-0.39, 0.29) is 22.9 Å². The summed E-state index contributed by atoms with van der Waals surface area (Å²) in [5.74, 6) is -1.34. The smallest absolute Gasteiger partial charge is 0.416 e. The van der Waals surface area contributed by atoms with Crippen LogP contribution in [0.2, 0.25) is 0 Å². The number of methoxy groups -OCH3 is 1.